The Kier molecular flexibility index (Phi) is 2.92. The highest BCUT2D eigenvalue weighted by Crippen LogP contribution is 2.25. The zero-order valence-corrected chi connectivity index (χ0v) is 9.32. The van der Waals surface area contributed by atoms with Crippen LogP contribution in [0, 0.1) is 6.92 Å². The molecule has 0 amide bonds. The average Bonchev–Trinajstić information content (AvgIpc) is 2.77. The van der Waals surface area contributed by atoms with Crippen molar-refractivity contribution in [3.05, 3.63) is 35.5 Å². The maximum absolute atomic E-state index is 8.94. The number of nitrogens with zero attached hydrogens (tertiary/aromatic N) is 1. The van der Waals surface area contributed by atoms with Gasteiger partial charge in [0, 0.05) is 5.56 Å². The van der Waals surface area contributed by atoms with E-state index in [0.717, 1.165) is 22.6 Å². The molecule has 4 heteroatoms. The summed E-state index contributed by atoms with van der Waals surface area (Å²) in [4.78, 5) is 0. The van der Waals surface area contributed by atoms with Crippen LogP contribution in [0.25, 0.3) is 11.3 Å². The van der Waals surface area contributed by atoms with Crippen molar-refractivity contribution in [2.45, 2.75) is 13.5 Å². The van der Waals surface area contributed by atoms with Gasteiger partial charge in [0.15, 0.2) is 0 Å². The molecule has 16 heavy (non-hydrogen) atoms. The van der Waals surface area contributed by atoms with Gasteiger partial charge < -0.3 is 9.84 Å². The predicted octanol–water partition coefficient (Wildman–Crippen LogP) is 1.89. The van der Waals surface area contributed by atoms with Gasteiger partial charge in [-0.05, 0) is 36.8 Å². The van der Waals surface area contributed by atoms with Crippen molar-refractivity contribution in [1.29, 1.82) is 0 Å². The van der Waals surface area contributed by atoms with Crippen LogP contribution in [0.5, 0.6) is 5.75 Å². The summed E-state index contributed by atoms with van der Waals surface area (Å²) in [5.41, 5.74) is 3.61. The van der Waals surface area contributed by atoms with Crippen molar-refractivity contribution < 1.29 is 9.84 Å². The molecule has 0 aliphatic carbocycles. The lowest BCUT2D eigenvalue weighted by Crippen LogP contribution is -1.87. The molecule has 1 aromatic carbocycles. The third-order valence-corrected chi connectivity index (χ3v) is 2.49. The Morgan fingerprint density at radius 2 is 2.19 bits per heavy atom. The number of aryl methyl sites for hydroxylation is 1. The Labute approximate surface area is 93.9 Å². The van der Waals surface area contributed by atoms with E-state index in [1.54, 1.807) is 7.11 Å². The maximum Gasteiger partial charge on any atom is 0.121 e. The maximum atomic E-state index is 8.94. The SMILES string of the molecule is COc1ccc(-c2cc(CO)[nH]n2)cc1C. The number of benzene rings is 1. The Hall–Kier alpha value is -1.81. The third-order valence-electron chi connectivity index (χ3n) is 2.49. The number of methoxy groups -OCH3 is 1. The van der Waals surface area contributed by atoms with Crippen molar-refractivity contribution in [3.63, 3.8) is 0 Å². The lowest BCUT2D eigenvalue weighted by atomic mass is 10.1. The standard InChI is InChI=1S/C12H14N2O2/c1-8-5-9(3-4-12(8)16-2)11-6-10(7-15)13-14-11/h3-6,15H,7H2,1-2H3,(H,13,14). The van der Waals surface area contributed by atoms with Gasteiger partial charge in [-0.15, -0.1) is 0 Å². The molecule has 0 spiro atoms. The molecule has 84 valence electrons. The summed E-state index contributed by atoms with van der Waals surface area (Å²) in [6.45, 7) is 1.96. The lowest BCUT2D eigenvalue weighted by Gasteiger charge is -2.05. The zero-order valence-electron chi connectivity index (χ0n) is 9.32. The Morgan fingerprint density at radius 1 is 1.38 bits per heavy atom. The Balaban J connectivity index is 2.37. The number of H-pyrrole nitrogens is 1. The quantitative estimate of drug-likeness (QED) is 0.827. The summed E-state index contributed by atoms with van der Waals surface area (Å²) in [6.07, 6.45) is 0. The summed E-state index contributed by atoms with van der Waals surface area (Å²) in [7, 11) is 1.65. The van der Waals surface area contributed by atoms with Gasteiger partial charge in [0.2, 0.25) is 0 Å². The topological polar surface area (TPSA) is 58.1 Å². The van der Waals surface area contributed by atoms with Crippen LogP contribution in [-0.2, 0) is 6.61 Å². The van der Waals surface area contributed by atoms with Crippen molar-refractivity contribution in [2.75, 3.05) is 7.11 Å². The van der Waals surface area contributed by atoms with Crippen LogP contribution in [0.4, 0.5) is 0 Å². The van der Waals surface area contributed by atoms with Crippen LogP contribution in [-0.4, -0.2) is 22.4 Å². The van der Waals surface area contributed by atoms with E-state index in [9.17, 15) is 0 Å². The molecule has 0 atom stereocenters. The first-order valence-electron chi connectivity index (χ1n) is 5.04. The second kappa shape index (κ2) is 4.37. The number of hydrogen-bond acceptors (Lipinski definition) is 3. The predicted molar refractivity (Wildman–Crippen MR) is 61.2 cm³/mol. The molecule has 0 aliphatic rings. The number of ether oxygens (including phenoxy) is 1. The molecule has 0 aliphatic heterocycles. The van der Waals surface area contributed by atoms with Crippen LogP contribution in [0.2, 0.25) is 0 Å². The van der Waals surface area contributed by atoms with Crippen molar-refractivity contribution in [1.82, 2.24) is 10.2 Å². The average molecular weight is 218 g/mol. The van der Waals surface area contributed by atoms with E-state index in [4.69, 9.17) is 9.84 Å². The summed E-state index contributed by atoms with van der Waals surface area (Å²) in [6, 6.07) is 7.71. The van der Waals surface area contributed by atoms with E-state index in [1.165, 1.54) is 0 Å². The first kappa shape index (κ1) is 10.7. The molecular weight excluding hydrogens is 204 g/mol. The highest BCUT2D eigenvalue weighted by atomic mass is 16.5. The number of nitrogens with one attached hydrogen (secondary N) is 1. The molecule has 0 fully saturated rings. The number of aliphatic hydroxyl groups is 1. The second-order valence-electron chi connectivity index (χ2n) is 3.62. The van der Waals surface area contributed by atoms with Crippen molar-refractivity contribution >= 4 is 0 Å². The van der Waals surface area contributed by atoms with Gasteiger partial charge >= 0.3 is 0 Å². The molecule has 0 unspecified atom stereocenters. The van der Waals surface area contributed by atoms with E-state index < -0.39 is 0 Å². The lowest BCUT2D eigenvalue weighted by molar-refractivity contribution is 0.276. The Morgan fingerprint density at radius 3 is 2.75 bits per heavy atom. The van der Waals surface area contributed by atoms with E-state index in [1.807, 2.05) is 31.2 Å². The van der Waals surface area contributed by atoms with Gasteiger partial charge in [0.05, 0.1) is 25.1 Å². The molecule has 0 radical (unpaired) electrons. The molecule has 0 saturated heterocycles. The fraction of sp³-hybridized carbons (Fsp3) is 0.250. The molecule has 1 heterocycles. The first-order chi connectivity index (χ1) is 7.74. The first-order valence-corrected chi connectivity index (χ1v) is 5.04. The van der Waals surface area contributed by atoms with Gasteiger partial charge in [0.1, 0.15) is 5.75 Å². The molecule has 1 aromatic heterocycles. The number of aromatic nitrogens is 2. The van der Waals surface area contributed by atoms with Gasteiger partial charge in [-0.25, -0.2) is 0 Å². The summed E-state index contributed by atoms with van der Waals surface area (Å²) >= 11 is 0. The molecule has 2 N–H and O–H groups in total. The number of aliphatic hydroxyl groups excluding tert-OH is 1. The Bertz CT molecular complexity index is 492. The minimum atomic E-state index is -0.0257. The normalized spacial score (nSPS) is 10.4. The molecule has 2 rings (SSSR count). The van der Waals surface area contributed by atoms with Gasteiger partial charge in [-0.2, -0.15) is 5.10 Å². The van der Waals surface area contributed by atoms with Crippen molar-refractivity contribution in [3.8, 4) is 17.0 Å². The summed E-state index contributed by atoms with van der Waals surface area (Å²) in [5, 5.41) is 15.8. The zero-order chi connectivity index (χ0) is 11.5. The van der Waals surface area contributed by atoms with E-state index in [0.29, 0.717) is 5.69 Å². The van der Waals surface area contributed by atoms with Crippen LogP contribution in [0.15, 0.2) is 24.3 Å². The van der Waals surface area contributed by atoms with Crippen LogP contribution in [0.1, 0.15) is 11.3 Å². The van der Waals surface area contributed by atoms with Gasteiger partial charge in [-0.3, -0.25) is 5.10 Å². The molecule has 4 nitrogen and oxygen atoms in total. The number of aromatic amines is 1. The minimum Gasteiger partial charge on any atom is -0.496 e. The van der Waals surface area contributed by atoms with Crippen LogP contribution in [0.3, 0.4) is 0 Å². The van der Waals surface area contributed by atoms with Gasteiger partial charge in [-0.1, -0.05) is 0 Å². The smallest absolute Gasteiger partial charge is 0.121 e. The molecule has 0 saturated carbocycles. The molecular formula is C12H14N2O2. The monoisotopic (exact) mass is 218 g/mol. The van der Waals surface area contributed by atoms with E-state index in [2.05, 4.69) is 10.2 Å². The van der Waals surface area contributed by atoms with Crippen LogP contribution >= 0.6 is 0 Å². The highest BCUT2D eigenvalue weighted by molar-refractivity contribution is 5.62. The fourth-order valence-corrected chi connectivity index (χ4v) is 1.63. The minimum absolute atomic E-state index is 0.0257. The highest BCUT2D eigenvalue weighted by Gasteiger charge is 2.05. The number of hydrogen-bond donors (Lipinski definition) is 2. The van der Waals surface area contributed by atoms with Crippen molar-refractivity contribution in [2.24, 2.45) is 0 Å². The van der Waals surface area contributed by atoms with Gasteiger partial charge in [0.25, 0.3) is 0 Å². The number of rotatable bonds is 3. The second-order valence-corrected chi connectivity index (χ2v) is 3.62. The molecule has 2 aromatic rings. The molecule has 0 bridgehead atoms. The fourth-order valence-electron chi connectivity index (χ4n) is 1.63. The summed E-state index contributed by atoms with van der Waals surface area (Å²) in [5.74, 6) is 0.863. The van der Waals surface area contributed by atoms with E-state index >= 15 is 0 Å². The van der Waals surface area contributed by atoms with E-state index in [-0.39, 0.29) is 6.61 Å². The largest absolute Gasteiger partial charge is 0.496 e. The summed E-state index contributed by atoms with van der Waals surface area (Å²) < 4.78 is 5.19. The van der Waals surface area contributed by atoms with Crippen LogP contribution < -0.4 is 4.74 Å². The third kappa shape index (κ3) is 1.92.